The van der Waals surface area contributed by atoms with Crippen molar-refractivity contribution in [3.05, 3.63) is 0 Å². The molecule has 0 unspecified atom stereocenters. The number of amides is 1. The summed E-state index contributed by atoms with van der Waals surface area (Å²) >= 11 is 0. The first-order valence-electron chi connectivity index (χ1n) is 4.59. The van der Waals surface area contributed by atoms with E-state index in [0.717, 1.165) is 0 Å². The van der Waals surface area contributed by atoms with Gasteiger partial charge in [-0.25, -0.2) is 0 Å². The lowest BCUT2D eigenvalue weighted by molar-refractivity contribution is -0.136. The van der Waals surface area contributed by atoms with E-state index in [0.29, 0.717) is 0 Å². The predicted octanol–water partition coefficient (Wildman–Crippen LogP) is -4.08. The lowest BCUT2D eigenvalue weighted by atomic mass is 10.0. The van der Waals surface area contributed by atoms with Gasteiger partial charge in [0.1, 0.15) is 31.0 Å². The Morgan fingerprint density at radius 3 is 2.06 bits per heavy atom. The van der Waals surface area contributed by atoms with E-state index >= 15 is 0 Å². The van der Waals surface area contributed by atoms with Crippen LogP contribution >= 0.6 is 0 Å². The maximum absolute atomic E-state index is 10.3. The van der Waals surface area contributed by atoms with Gasteiger partial charge in [0.15, 0.2) is 0 Å². The Hall–Kier alpha value is -0.770. The highest BCUT2D eigenvalue weighted by molar-refractivity contribution is 5.74. The number of primary amides is 1. The summed E-state index contributed by atoms with van der Waals surface area (Å²) in [6, 6.07) is 0. The summed E-state index contributed by atoms with van der Waals surface area (Å²) in [5.74, 6) is -0.738. The van der Waals surface area contributed by atoms with Crippen LogP contribution in [0.5, 0.6) is 0 Å². The maximum Gasteiger partial charge on any atom is 0.243 e. The van der Waals surface area contributed by atoms with Gasteiger partial charge in [-0.15, -0.1) is 0 Å². The normalized spacial score (nSPS) is 18.8. The average molecular weight is 239 g/mol. The van der Waals surface area contributed by atoms with Crippen molar-refractivity contribution < 1.29 is 35.1 Å². The quantitative estimate of drug-likeness (QED) is 0.252. The van der Waals surface area contributed by atoms with Crippen LogP contribution in [-0.2, 0) is 9.53 Å². The molecule has 0 radical (unpaired) electrons. The molecule has 0 aliphatic rings. The highest BCUT2D eigenvalue weighted by Gasteiger charge is 2.30. The van der Waals surface area contributed by atoms with E-state index in [-0.39, 0.29) is 0 Å². The van der Waals surface area contributed by atoms with Gasteiger partial charge in [0.25, 0.3) is 0 Å². The molecule has 4 atom stereocenters. The summed E-state index contributed by atoms with van der Waals surface area (Å²) in [5, 5.41) is 45.2. The number of hydrogen-bond acceptors (Lipinski definition) is 7. The molecule has 0 saturated carbocycles. The standard InChI is InChI=1S/C8H17NO7/c9-6(13)3-16-2-5(12)8(15)7(14)4(11)1-10/h4-5,7-8,10-12,14-15H,1-3H2,(H2,9,13)/t4-,5+,7-,8-/m1/s1. The summed E-state index contributed by atoms with van der Waals surface area (Å²) in [4.78, 5) is 10.3. The van der Waals surface area contributed by atoms with Crippen molar-refractivity contribution in [2.75, 3.05) is 19.8 Å². The largest absolute Gasteiger partial charge is 0.394 e. The van der Waals surface area contributed by atoms with Crippen molar-refractivity contribution >= 4 is 5.91 Å². The summed E-state index contributed by atoms with van der Waals surface area (Å²) in [6.45, 7) is -1.62. The molecule has 0 rings (SSSR count). The fourth-order valence-corrected chi connectivity index (χ4v) is 0.942. The minimum Gasteiger partial charge on any atom is -0.394 e. The summed E-state index contributed by atoms with van der Waals surface area (Å²) in [7, 11) is 0. The van der Waals surface area contributed by atoms with Gasteiger partial charge in [0.05, 0.1) is 13.2 Å². The zero-order valence-electron chi connectivity index (χ0n) is 8.56. The Bertz CT molecular complexity index is 213. The Kier molecular flexibility index (Phi) is 7.13. The van der Waals surface area contributed by atoms with Crippen LogP contribution in [0, 0.1) is 0 Å². The molecule has 0 aromatic rings. The van der Waals surface area contributed by atoms with E-state index in [4.69, 9.17) is 15.9 Å². The van der Waals surface area contributed by atoms with E-state index in [9.17, 15) is 20.1 Å². The van der Waals surface area contributed by atoms with Crippen molar-refractivity contribution in [1.82, 2.24) is 0 Å². The Morgan fingerprint density at radius 2 is 1.62 bits per heavy atom. The molecule has 0 saturated heterocycles. The molecule has 0 heterocycles. The molecule has 0 spiro atoms. The van der Waals surface area contributed by atoms with Gasteiger partial charge in [-0.05, 0) is 0 Å². The molecule has 0 fully saturated rings. The second kappa shape index (κ2) is 7.49. The van der Waals surface area contributed by atoms with Gasteiger partial charge >= 0.3 is 0 Å². The molecule has 8 nitrogen and oxygen atoms in total. The first-order valence-corrected chi connectivity index (χ1v) is 4.59. The van der Waals surface area contributed by atoms with Gasteiger partial charge in [-0.2, -0.15) is 0 Å². The van der Waals surface area contributed by atoms with E-state index < -0.39 is 50.1 Å². The van der Waals surface area contributed by atoms with Crippen LogP contribution in [0.1, 0.15) is 0 Å². The lowest BCUT2D eigenvalue weighted by Crippen LogP contribution is -2.47. The second-order valence-electron chi connectivity index (χ2n) is 3.28. The van der Waals surface area contributed by atoms with Crippen molar-refractivity contribution in [2.45, 2.75) is 24.4 Å². The van der Waals surface area contributed by atoms with Gasteiger partial charge in [-0.3, -0.25) is 4.79 Å². The van der Waals surface area contributed by atoms with Gasteiger partial charge < -0.3 is 36.0 Å². The highest BCUT2D eigenvalue weighted by Crippen LogP contribution is 2.05. The third-order valence-electron chi connectivity index (χ3n) is 1.86. The first-order chi connectivity index (χ1) is 7.40. The van der Waals surface area contributed by atoms with Crippen molar-refractivity contribution in [1.29, 1.82) is 0 Å². The Labute approximate surface area is 91.9 Å². The van der Waals surface area contributed by atoms with Crippen LogP contribution in [0.15, 0.2) is 0 Å². The van der Waals surface area contributed by atoms with E-state index in [1.165, 1.54) is 0 Å². The minimum absolute atomic E-state index is 0.428. The lowest BCUT2D eigenvalue weighted by Gasteiger charge is -2.25. The molecule has 8 heteroatoms. The fraction of sp³-hybridized carbons (Fsp3) is 0.875. The Balaban J connectivity index is 3.97. The van der Waals surface area contributed by atoms with E-state index in [2.05, 4.69) is 4.74 Å². The number of ether oxygens (including phenoxy) is 1. The van der Waals surface area contributed by atoms with Gasteiger partial charge in [0, 0.05) is 0 Å². The number of nitrogens with two attached hydrogens (primary N) is 1. The van der Waals surface area contributed by atoms with Crippen molar-refractivity contribution in [2.24, 2.45) is 5.73 Å². The maximum atomic E-state index is 10.3. The number of aliphatic hydroxyl groups excluding tert-OH is 5. The number of hydrogen-bond donors (Lipinski definition) is 6. The van der Waals surface area contributed by atoms with Crippen LogP contribution in [-0.4, -0.2) is 75.7 Å². The number of carbonyl (C=O) groups is 1. The minimum atomic E-state index is -1.71. The SMILES string of the molecule is NC(=O)COC[C@H](O)[C@@H](O)[C@H](O)[C@H](O)CO. The molecule has 0 bridgehead atoms. The molecular weight excluding hydrogens is 222 g/mol. The van der Waals surface area contributed by atoms with E-state index in [1.807, 2.05) is 0 Å². The zero-order chi connectivity index (χ0) is 12.7. The molecule has 1 amide bonds. The van der Waals surface area contributed by atoms with Gasteiger partial charge in [0.2, 0.25) is 5.91 Å². The number of aliphatic hydroxyl groups is 5. The molecule has 16 heavy (non-hydrogen) atoms. The monoisotopic (exact) mass is 239 g/mol. The third-order valence-corrected chi connectivity index (χ3v) is 1.86. The summed E-state index contributed by atoms with van der Waals surface area (Å²) < 4.78 is 4.60. The van der Waals surface area contributed by atoms with E-state index in [1.54, 1.807) is 0 Å². The predicted molar refractivity (Wildman–Crippen MR) is 51.1 cm³/mol. The summed E-state index contributed by atoms with van der Waals surface area (Å²) in [5.41, 5.74) is 4.75. The highest BCUT2D eigenvalue weighted by atomic mass is 16.5. The van der Waals surface area contributed by atoms with Crippen LogP contribution < -0.4 is 5.73 Å². The fourth-order valence-electron chi connectivity index (χ4n) is 0.942. The second-order valence-corrected chi connectivity index (χ2v) is 3.28. The first kappa shape index (κ1) is 15.2. The summed E-state index contributed by atoms with van der Waals surface area (Å²) in [6.07, 6.45) is -6.48. The van der Waals surface area contributed by atoms with Crippen LogP contribution in [0.25, 0.3) is 0 Å². The molecule has 0 aromatic heterocycles. The topological polar surface area (TPSA) is 153 Å². The molecule has 0 aromatic carbocycles. The Morgan fingerprint density at radius 1 is 1.12 bits per heavy atom. The smallest absolute Gasteiger partial charge is 0.243 e. The van der Waals surface area contributed by atoms with Crippen LogP contribution in [0.4, 0.5) is 0 Å². The van der Waals surface area contributed by atoms with Crippen LogP contribution in [0.2, 0.25) is 0 Å². The molecule has 96 valence electrons. The molecule has 0 aliphatic heterocycles. The average Bonchev–Trinajstić information content (AvgIpc) is 2.25. The molecule has 7 N–H and O–H groups in total. The van der Waals surface area contributed by atoms with Crippen molar-refractivity contribution in [3.8, 4) is 0 Å². The number of carbonyl (C=O) groups excluding carboxylic acids is 1. The third kappa shape index (κ3) is 5.35. The number of rotatable bonds is 8. The van der Waals surface area contributed by atoms with Crippen molar-refractivity contribution in [3.63, 3.8) is 0 Å². The molecule has 0 aliphatic carbocycles. The van der Waals surface area contributed by atoms with Crippen LogP contribution in [0.3, 0.4) is 0 Å². The molecular formula is C8H17NO7. The zero-order valence-corrected chi connectivity index (χ0v) is 8.56. The van der Waals surface area contributed by atoms with Gasteiger partial charge in [-0.1, -0.05) is 0 Å².